The van der Waals surface area contributed by atoms with Crippen molar-refractivity contribution < 1.29 is 23.5 Å². The monoisotopic (exact) mass is 465 g/mol. The van der Waals surface area contributed by atoms with Crippen molar-refractivity contribution in [2.24, 2.45) is 0 Å². The summed E-state index contributed by atoms with van der Waals surface area (Å²) in [6.45, 7) is 2.04. The summed E-state index contributed by atoms with van der Waals surface area (Å²) in [5, 5.41) is 11.2. The minimum absolute atomic E-state index is 0.0809. The average molecular weight is 465 g/mol. The van der Waals surface area contributed by atoms with Crippen LogP contribution in [0.25, 0.3) is 0 Å². The molecule has 0 spiro atoms. The number of nitrogens with zero attached hydrogens (tertiary/aromatic N) is 4. The lowest BCUT2D eigenvalue weighted by Crippen LogP contribution is -2.34. The number of halogens is 1. The Bertz CT molecular complexity index is 1230. The largest absolute Gasteiger partial charge is 0.454 e. The van der Waals surface area contributed by atoms with E-state index in [1.807, 2.05) is 27.7 Å². The number of benzene rings is 2. The SMILES string of the molecule is O=C(NCc1nnc2n1CCN(C(=O)CCc1ccc3c(c1)OCO3)CC2)c1cccc(F)c1. The Morgan fingerprint density at radius 1 is 1.03 bits per heavy atom. The number of aromatic nitrogens is 3. The van der Waals surface area contributed by atoms with Gasteiger partial charge in [0.05, 0.1) is 6.54 Å². The summed E-state index contributed by atoms with van der Waals surface area (Å²) in [5.74, 6) is 2.06. The molecule has 2 amide bonds. The molecule has 1 aromatic heterocycles. The van der Waals surface area contributed by atoms with Crippen LogP contribution in [-0.4, -0.2) is 51.4 Å². The molecule has 0 atom stereocenters. The first-order valence-electron chi connectivity index (χ1n) is 11.2. The smallest absolute Gasteiger partial charge is 0.251 e. The highest BCUT2D eigenvalue weighted by molar-refractivity contribution is 5.94. The van der Waals surface area contributed by atoms with Crippen LogP contribution in [0.5, 0.6) is 11.5 Å². The third-order valence-electron chi connectivity index (χ3n) is 6.01. The Morgan fingerprint density at radius 2 is 1.91 bits per heavy atom. The number of aryl methyl sites for hydroxylation is 1. The highest BCUT2D eigenvalue weighted by Crippen LogP contribution is 2.32. The maximum Gasteiger partial charge on any atom is 0.251 e. The quantitative estimate of drug-likeness (QED) is 0.599. The molecule has 0 saturated heterocycles. The lowest BCUT2D eigenvalue weighted by molar-refractivity contribution is -0.131. The molecular formula is C24H24FN5O4. The molecule has 3 heterocycles. The Hall–Kier alpha value is -3.95. The van der Waals surface area contributed by atoms with Gasteiger partial charge in [0.15, 0.2) is 17.3 Å². The number of hydrogen-bond donors (Lipinski definition) is 1. The lowest BCUT2D eigenvalue weighted by Gasteiger charge is -2.20. The van der Waals surface area contributed by atoms with Crippen LogP contribution < -0.4 is 14.8 Å². The van der Waals surface area contributed by atoms with Crippen molar-refractivity contribution >= 4 is 11.8 Å². The van der Waals surface area contributed by atoms with Gasteiger partial charge in [0, 0.05) is 38.0 Å². The fourth-order valence-electron chi connectivity index (χ4n) is 4.16. The van der Waals surface area contributed by atoms with Gasteiger partial charge in [0.2, 0.25) is 12.7 Å². The summed E-state index contributed by atoms with van der Waals surface area (Å²) in [6.07, 6.45) is 1.60. The maximum absolute atomic E-state index is 13.4. The molecule has 0 bridgehead atoms. The van der Waals surface area contributed by atoms with E-state index in [0.29, 0.717) is 44.7 Å². The van der Waals surface area contributed by atoms with Gasteiger partial charge in [-0.3, -0.25) is 9.59 Å². The number of rotatable bonds is 6. The summed E-state index contributed by atoms with van der Waals surface area (Å²) < 4.78 is 26.0. The molecule has 2 aliphatic rings. The van der Waals surface area contributed by atoms with Crippen LogP contribution in [0.1, 0.15) is 34.0 Å². The van der Waals surface area contributed by atoms with Crippen molar-refractivity contribution in [2.75, 3.05) is 19.9 Å². The van der Waals surface area contributed by atoms with E-state index in [4.69, 9.17) is 9.47 Å². The third kappa shape index (κ3) is 4.70. The number of amides is 2. The molecule has 2 aliphatic heterocycles. The summed E-state index contributed by atoms with van der Waals surface area (Å²) in [7, 11) is 0. The zero-order chi connectivity index (χ0) is 23.5. The molecule has 9 nitrogen and oxygen atoms in total. The molecule has 0 radical (unpaired) electrons. The molecule has 34 heavy (non-hydrogen) atoms. The standard InChI is InChI=1S/C24H24FN5O4/c25-18-3-1-2-17(13-18)24(32)26-14-22-28-27-21-8-9-29(10-11-30(21)22)23(31)7-5-16-4-6-19-20(12-16)34-15-33-19/h1-4,6,12-13H,5,7-11,14-15H2,(H,26,32). The van der Waals surface area contributed by atoms with Crippen molar-refractivity contribution in [1.29, 1.82) is 0 Å². The van der Waals surface area contributed by atoms with Crippen molar-refractivity contribution in [3.8, 4) is 11.5 Å². The fraction of sp³-hybridized carbons (Fsp3) is 0.333. The molecule has 0 fully saturated rings. The van der Waals surface area contributed by atoms with Gasteiger partial charge < -0.3 is 24.3 Å². The van der Waals surface area contributed by atoms with Gasteiger partial charge in [0.25, 0.3) is 5.91 Å². The van der Waals surface area contributed by atoms with Crippen LogP contribution in [0.3, 0.4) is 0 Å². The molecule has 1 N–H and O–H groups in total. The first kappa shape index (κ1) is 21.9. The van der Waals surface area contributed by atoms with E-state index in [0.717, 1.165) is 22.9 Å². The minimum Gasteiger partial charge on any atom is -0.454 e. The molecular weight excluding hydrogens is 441 g/mol. The van der Waals surface area contributed by atoms with E-state index in [1.165, 1.54) is 18.2 Å². The molecule has 10 heteroatoms. The second-order valence-corrected chi connectivity index (χ2v) is 8.20. The molecule has 176 valence electrons. The number of nitrogens with one attached hydrogen (secondary N) is 1. The van der Waals surface area contributed by atoms with Crippen molar-refractivity contribution in [1.82, 2.24) is 25.0 Å². The second-order valence-electron chi connectivity index (χ2n) is 8.20. The highest BCUT2D eigenvalue weighted by atomic mass is 19.1. The zero-order valence-corrected chi connectivity index (χ0v) is 18.5. The summed E-state index contributed by atoms with van der Waals surface area (Å²) in [6, 6.07) is 11.3. The fourth-order valence-corrected chi connectivity index (χ4v) is 4.16. The van der Waals surface area contributed by atoms with Crippen LogP contribution in [0.2, 0.25) is 0 Å². The number of fused-ring (bicyclic) bond motifs is 2. The van der Waals surface area contributed by atoms with E-state index in [2.05, 4.69) is 15.5 Å². The second kappa shape index (κ2) is 9.50. The number of ether oxygens (including phenoxy) is 2. The molecule has 3 aromatic rings. The maximum atomic E-state index is 13.4. The summed E-state index contributed by atoms with van der Waals surface area (Å²) >= 11 is 0. The van der Waals surface area contributed by atoms with E-state index >= 15 is 0 Å². The third-order valence-corrected chi connectivity index (χ3v) is 6.01. The number of hydrogen-bond acceptors (Lipinski definition) is 6. The molecule has 5 rings (SSSR count). The first-order valence-corrected chi connectivity index (χ1v) is 11.2. The van der Waals surface area contributed by atoms with E-state index in [1.54, 1.807) is 6.07 Å². The minimum atomic E-state index is -0.465. The topological polar surface area (TPSA) is 98.6 Å². The molecule has 0 saturated carbocycles. The normalized spacial score (nSPS) is 14.4. The van der Waals surface area contributed by atoms with Crippen LogP contribution in [0.15, 0.2) is 42.5 Å². The van der Waals surface area contributed by atoms with Gasteiger partial charge in [0.1, 0.15) is 11.6 Å². The number of carbonyl (C=O) groups is 2. The van der Waals surface area contributed by atoms with Crippen LogP contribution >= 0.6 is 0 Å². The van der Waals surface area contributed by atoms with E-state index < -0.39 is 5.82 Å². The van der Waals surface area contributed by atoms with Crippen molar-refractivity contribution in [3.05, 3.63) is 71.1 Å². The van der Waals surface area contributed by atoms with Gasteiger partial charge in [-0.25, -0.2) is 4.39 Å². The molecule has 0 aliphatic carbocycles. The predicted octanol–water partition coefficient (Wildman–Crippen LogP) is 2.09. The summed E-state index contributed by atoms with van der Waals surface area (Å²) in [5.41, 5.74) is 1.27. The van der Waals surface area contributed by atoms with Crippen LogP contribution in [0.4, 0.5) is 4.39 Å². The van der Waals surface area contributed by atoms with E-state index in [9.17, 15) is 14.0 Å². The van der Waals surface area contributed by atoms with Gasteiger partial charge in [-0.1, -0.05) is 12.1 Å². The Kier molecular flexibility index (Phi) is 6.11. The van der Waals surface area contributed by atoms with Gasteiger partial charge >= 0.3 is 0 Å². The van der Waals surface area contributed by atoms with Crippen molar-refractivity contribution in [3.63, 3.8) is 0 Å². The lowest BCUT2D eigenvalue weighted by atomic mass is 10.1. The Morgan fingerprint density at radius 3 is 2.79 bits per heavy atom. The number of carbonyl (C=O) groups excluding carboxylic acids is 2. The van der Waals surface area contributed by atoms with Crippen molar-refractivity contribution in [2.45, 2.75) is 32.4 Å². The van der Waals surface area contributed by atoms with Gasteiger partial charge in [-0.2, -0.15) is 0 Å². The average Bonchev–Trinajstić information content (AvgIpc) is 3.41. The Balaban J connectivity index is 1.15. The van der Waals surface area contributed by atoms with Gasteiger partial charge in [-0.05, 0) is 42.3 Å². The zero-order valence-electron chi connectivity index (χ0n) is 18.5. The van der Waals surface area contributed by atoms with Crippen LogP contribution in [0, 0.1) is 5.82 Å². The van der Waals surface area contributed by atoms with E-state index in [-0.39, 0.29) is 30.7 Å². The van der Waals surface area contributed by atoms with Gasteiger partial charge in [-0.15, -0.1) is 10.2 Å². The summed E-state index contributed by atoms with van der Waals surface area (Å²) in [4.78, 5) is 27.0. The highest BCUT2D eigenvalue weighted by Gasteiger charge is 2.22. The predicted molar refractivity (Wildman–Crippen MR) is 119 cm³/mol. The first-order chi connectivity index (χ1) is 16.6. The Labute approximate surface area is 195 Å². The molecule has 0 unspecified atom stereocenters. The molecule has 2 aromatic carbocycles. The van der Waals surface area contributed by atoms with Crippen LogP contribution in [-0.2, 0) is 30.7 Å².